The third-order valence-electron chi connectivity index (χ3n) is 0. The fourth-order valence-electron chi connectivity index (χ4n) is 0. The average Bonchev–Trinajstić information content (AvgIpc) is 0. The average molecular weight is 276 g/mol. The molecule has 0 aromatic heterocycles. The third-order valence-corrected chi connectivity index (χ3v) is 0. The molecule has 18 N–H and O–H groups in total. The van der Waals surface area contributed by atoms with Gasteiger partial charge < -0.3 is 61.7 Å². The van der Waals surface area contributed by atoms with Gasteiger partial charge in [-0.25, -0.2) is 0 Å². The Hall–Kier alpha value is 0.963. The van der Waals surface area contributed by atoms with Crippen LogP contribution in [0, 0.1) is 0 Å². The summed E-state index contributed by atoms with van der Waals surface area (Å²) in [5.74, 6) is 0. The van der Waals surface area contributed by atoms with Crippen LogP contribution >= 0.6 is 0 Å². The Morgan fingerprint density at radius 1 is 0.333 bits per heavy atom. The Morgan fingerprint density at radius 2 is 0.333 bits per heavy atom. The quantitative estimate of drug-likeness (QED) is 0.238. The molecule has 0 rings (SSSR count). The van der Waals surface area contributed by atoms with Crippen molar-refractivity contribution in [2.75, 3.05) is 0 Å². The van der Waals surface area contributed by atoms with Crippen LogP contribution in [0.5, 0.6) is 0 Å². The number of halogens is 2. The van der Waals surface area contributed by atoms with Crippen molar-refractivity contribution in [1.29, 1.82) is 0 Å². The van der Waals surface area contributed by atoms with Crippen molar-refractivity contribution in [2.24, 2.45) is 0 Å². The van der Waals surface area contributed by atoms with E-state index in [4.69, 9.17) is 0 Å². The maximum Gasteiger partial charge on any atom is 2.00 e. The molecule has 0 aliphatic carbocycles. The van der Waals surface area contributed by atoms with Crippen LogP contribution in [0.3, 0.4) is 0 Å². The molecule has 0 fully saturated rings. The van der Waals surface area contributed by atoms with Crippen molar-refractivity contribution in [3.05, 3.63) is 0 Å². The summed E-state index contributed by atoms with van der Waals surface area (Å²) in [5.41, 5.74) is 0. The number of rotatable bonds is 0. The minimum atomic E-state index is 0. The zero-order valence-corrected chi connectivity index (χ0v) is 8.48. The summed E-state index contributed by atoms with van der Waals surface area (Å²) < 4.78 is 0. The SMILES string of the molecule is N.N.N.N.N.N.[Cl-].[Cl-].[Rh+2]. The van der Waals surface area contributed by atoms with Crippen molar-refractivity contribution >= 4 is 0 Å². The Bertz CT molecular complexity index is 11.0. The zero-order valence-electron chi connectivity index (χ0n) is 5.33. The third kappa shape index (κ3) is 468. The van der Waals surface area contributed by atoms with Gasteiger partial charge in [0.15, 0.2) is 0 Å². The molecule has 0 aliphatic heterocycles. The minimum Gasteiger partial charge on any atom is -1.00 e. The Balaban J connectivity index is 0. The number of hydrogen-bond acceptors (Lipinski definition) is 6. The first kappa shape index (κ1) is 862. The standard InChI is InChI=1S/2ClH.6H3N.Rh/h2*1H;6*1H3;/q;;;;;;;;+2/p-2. The second kappa shape index (κ2) is 612. The molecule has 0 bridgehead atoms. The zero-order chi connectivity index (χ0) is 0. The van der Waals surface area contributed by atoms with E-state index in [0.717, 1.165) is 0 Å². The first-order valence-corrected chi connectivity index (χ1v) is 0. The summed E-state index contributed by atoms with van der Waals surface area (Å²) in [7, 11) is 0. The molecular formula is H18Cl2N6Rh. The van der Waals surface area contributed by atoms with Crippen LogP contribution in [-0.4, -0.2) is 0 Å². The van der Waals surface area contributed by atoms with Crippen molar-refractivity contribution in [1.82, 2.24) is 36.9 Å². The predicted molar refractivity (Wildman–Crippen MR) is 30.1 cm³/mol. The van der Waals surface area contributed by atoms with Gasteiger partial charge in [0.1, 0.15) is 0 Å². The van der Waals surface area contributed by atoms with Crippen LogP contribution in [-0.2, 0) is 19.5 Å². The molecule has 9 heteroatoms. The maximum atomic E-state index is 0. The van der Waals surface area contributed by atoms with Gasteiger partial charge in [0.05, 0.1) is 0 Å². The molecule has 0 spiro atoms. The maximum absolute atomic E-state index is 0. The Labute approximate surface area is 81.4 Å². The molecule has 71 valence electrons. The van der Waals surface area contributed by atoms with Crippen molar-refractivity contribution in [3.63, 3.8) is 0 Å². The van der Waals surface area contributed by atoms with E-state index in [0.29, 0.717) is 0 Å². The summed E-state index contributed by atoms with van der Waals surface area (Å²) in [6.45, 7) is 0. The van der Waals surface area contributed by atoms with Crippen LogP contribution in [0.1, 0.15) is 0 Å². The van der Waals surface area contributed by atoms with Gasteiger partial charge in [-0.2, -0.15) is 0 Å². The van der Waals surface area contributed by atoms with Gasteiger partial charge in [0.25, 0.3) is 0 Å². The molecule has 0 saturated heterocycles. The molecule has 0 aliphatic rings. The Kier molecular flexibility index (Phi) is 58700. The van der Waals surface area contributed by atoms with E-state index < -0.39 is 0 Å². The summed E-state index contributed by atoms with van der Waals surface area (Å²) in [4.78, 5) is 0. The Morgan fingerprint density at radius 3 is 0.333 bits per heavy atom. The topological polar surface area (TPSA) is 210 Å². The normalized spacial score (nSPS) is 0. The van der Waals surface area contributed by atoms with Gasteiger partial charge in [0, 0.05) is 0 Å². The molecule has 0 heterocycles. The van der Waals surface area contributed by atoms with Crippen molar-refractivity contribution in [3.8, 4) is 0 Å². The van der Waals surface area contributed by atoms with Gasteiger partial charge in [-0.05, 0) is 0 Å². The molecule has 0 aromatic carbocycles. The van der Waals surface area contributed by atoms with Crippen LogP contribution in [0.15, 0.2) is 0 Å². The second-order valence-electron chi connectivity index (χ2n) is 0. The fraction of sp³-hybridized carbons (Fsp3) is 0. The van der Waals surface area contributed by atoms with E-state index in [9.17, 15) is 0 Å². The van der Waals surface area contributed by atoms with E-state index in [-0.39, 0.29) is 81.2 Å². The fourth-order valence-corrected chi connectivity index (χ4v) is 0. The predicted octanol–water partition coefficient (Wildman–Crippen LogP) is -5.02. The molecule has 0 amide bonds. The van der Waals surface area contributed by atoms with Crippen LogP contribution in [0.25, 0.3) is 0 Å². The second-order valence-corrected chi connectivity index (χ2v) is 0. The summed E-state index contributed by atoms with van der Waals surface area (Å²) in [6.07, 6.45) is 0. The van der Waals surface area contributed by atoms with E-state index in [1.165, 1.54) is 0 Å². The molecule has 6 nitrogen and oxygen atoms in total. The van der Waals surface area contributed by atoms with Crippen molar-refractivity contribution in [2.45, 2.75) is 0 Å². The van der Waals surface area contributed by atoms with Crippen molar-refractivity contribution < 1.29 is 44.3 Å². The van der Waals surface area contributed by atoms with Crippen LogP contribution < -0.4 is 61.7 Å². The van der Waals surface area contributed by atoms with Gasteiger partial charge >= 0.3 is 19.5 Å². The molecule has 0 unspecified atom stereocenters. The molecule has 1 radical (unpaired) electrons. The summed E-state index contributed by atoms with van der Waals surface area (Å²) in [5, 5.41) is 0. The first-order chi connectivity index (χ1) is 0. The van der Waals surface area contributed by atoms with E-state index in [1.807, 2.05) is 0 Å². The molecule has 0 aromatic rings. The van der Waals surface area contributed by atoms with Gasteiger partial charge in [-0.1, -0.05) is 0 Å². The molecular weight excluding hydrogens is 258 g/mol. The van der Waals surface area contributed by atoms with Crippen LogP contribution in [0.4, 0.5) is 0 Å². The monoisotopic (exact) mass is 275 g/mol. The minimum absolute atomic E-state index is 0. The molecule has 9 heavy (non-hydrogen) atoms. The van der Waals surface area contributed by atoms with Crippen LogP contribution in [0.2, 0.25) is 0 Å². The number of hydrogen-bond donors (Lipinski definition) is 6. The van der Waals surface area contributed by atoms with Gasteiger partial charge in [-0.3, -0.25) is 0 Å². The summed E-state index contributed by atoms with van der Waals surface area (Å²) >= 11 is 0. The van der Waals surface area contributed by atoms with E-state index in [1.54, 1.807) is 0 Å². The van der Waals surface area contributed by atoms with Gasteiger partial charge in [0.2, 0.25) is 0 Å². The smallest absolute Gasteiger partial charge is 1.00 e. The molecule has 0 atom stereocenters. The first-order valence-electron chi connectivity index (χ1n) is 0. The van der Waals surface area contributed by atoms with E-state index >= 15 is 0 Å². The summed E-state index contributed by atoms with van der Waals surface area (Å²) in [6, 6.07) is 0. The van der Waals surface area contributed by atoms with Gasteiger partial charge in [-0.15, -0.1) is 0 Å². The molecule has 0 saturated carbocycles. The largest absolute Gasteiger partial charge is 2.00 e. The van der Waals surface area contributed by atoms with E-state index in [2.05, 4.69) is 0 Å².